The van der Waals surface area contributed by atoms with Crippen molar-refractivity contribution in [1.82, 2.24) is 5.43 Å². The molecule has 0 saturated carbocycles. The molecule has 1 aromatic rings. The molecule has 2 heteroatoms. The van der Waals surface area contributed by atoms with E-state index in [0.29, 0.717) is 0 Å². The maximum atomic E-state index is 3.27. The van der Waals surface area contributed by atoms with Gasteiger partial charge in [0.25, 0.3) is 0 Å². The van der Waals surface area contributed by atoms with E-state index in [-0.39, 0.29) is 0 Å². The van der Waals surface area contributed by atoms with Crippen LogP contribution in [0.4, 0.5) is 5.69 Å². The molecule has 0 spiro atoms. The average molecular weight is 148 g/mol. The molecule has 1 aliphatic heterocycles. The largest absolute Gasteiger partial charge is 0.311 e. The Hall–Kier alpha value is -1.02. The molecule has 0 fully saturated rings. The first kappa shape index (κ1) is 6.68. The van der Waals surface area contributed by atoms with Crippen molar-refractivity contribution in [3.8, 4) is 0 Å². The van der Waals surface area contributed by atoms with Crippen LogP contribution in [0.1, 0.15) is 5.56 Å². The molecule has 0 atom stereocenters. The summed E-state index contributed by atoms with van der Waals surface area (Å²) in [5.41, 5.74) is 6.01. The van der Waals surface area contributed by atoms with E-state index in [1.54, 1.807) is 0 Å². The predicted octanol–water partition coefficient (Wildman–Crippen LogP) is 1.18. The second-order valence-electron chi connectivity index (χ2n) is 2.85. The first-order valence-electron chi connectivity index (χ1n) is 3.93. The number of anilines is 1. The van der Waals surface area contributed by atoms with Gasteiger partial charge in [-0.25, -0.2) is 5.43 Å². The highest BCUT2D eigenvalue weighted by atomic mass is 15.5. The minimum Gasteiger partial charge on any atom is -0.311 e. The number of hydrogen-bond acceptors (Lipinski definition) is 2. The molecule has 2 rings (SSSR count). The normalized spacial score (nSPS) is 16.3. The monoisotopic (exact) mass is 148 g/mol. The van der Waals surface area contributed by atoms with Crippen molar-refractivity contribution in [2.75, 3.05) is 18.6 Å². The van der Waals surface area contributed by atoms with Gasteiger partial charge in [-0.1, -0.05) is 18.2 Å². The SMILES string of the molecule is CN1NCCc2ccccc21. The Bertz CT molecular complexity index is 257. The zero-order valence-electron chi connectivity index (χ0n) is 6.67. The number of benzene rings is 1. The van der Waals surface area contributed by atoms with E-state index in [4.69, 9.17) is 0 Å². The average Bonchev–Trinajstić information content (AvgIpc) is 2.06. The van der Waals surface area contributed by atoms with Crippen LogP contribution in [0.15, 0.2) is 24.3 Å². The highest BCUT2D eigenvalue weighted by Crippen LogP contribution is 2.20. The van der Waals surface area contributed by atoms with Crippen molar-refractivity contribution >= 4 is 5.69 Å². The van der Waals surface area contributed by atoms with Gasteiger partial charge in [0.2, 0.25) is 0 Å². The number of nitrogens with one attached hydrogen (secondary N) is 1. The number of fused-ring (bicyclic) bond motifs is 1. The van der Waals surface area contributed by atoms with E-state index in [9.17, 15) is 0 Å². The summed E-state index contributed by atoms with van der Waals surface area (Å²) < 4.78 is 0. The third kappa shape index (κ3) is 1.10. The van der Waals surface area contributed by atoms with Crippen LogP contribution in [0.25, 0.3) is 0 Å². The Kier molecular flexibility index (Phi) is 1.55. The molecule has 0 amide bonds. The molecule has 0 aromatic heterocycles. The Morgan fingerprint density at radius 1 is 1.36 bits per heavy atom. The molecule has 0 bridgehead atoms. The molecule has 1 aromatic carbocycles. The van der Waals surface area contributed by atoms with Gasteiger partial charge in [0.1, 0.15) is 0 Å². The fraction of sp³-hybridized carbons (Fsp3) is 0.333. The molecule has 2 nitrogen and oxygen atoms in total. The molecule has 11 heavy (non-hydrogen) atoms. The second kappa shape index (κ2) is 2.55. The fourth-order valence-corrected chi connectivity index (χ4v) is 1.49. The molecule has 1 N–H and O–H groups in total. The summed E-state index contributed by atoms with van der Waals surface area (Å²) in [6.07, 6.45) is 1.14. The topological polar surface area (TPSA) is 15.3 Å². The van der Waals surface area contributed by atoms with E-state index in [1.165, 1.54) is 11.3 Å². The summed E-state index contributed by atoms with van der Waals surface area (Å²) in [7, 11) is 2.05. The summed E-state index contributed by atoms with van der Waals surface area (Å²) in [4.78, 5) is 0. The van der Waals surface area contributed by atoms with Gasteiger partial charge in [0.05, 0.1) is 5.69 Å². The van der Waals surface area contributed by atoms with Crippen molar-refractivity contribution in [3.05, 3.63) is 29.8 Å². The second-order valence-corrected chi connectivity index (χ2v) is 2.85. The molecule has 0 unspecified atom stereocenters. The van der Waals surface area contributed by atoms with Crippen molar-refractivity contribution in [3.63, 3.8) is 0 Å². The Labute approximate surface area is 66.8 Å². The molecule has 58 valence electrons. The van der Waals surface area contributed by atoms with Gasteiger partial charge in [0.15, 0.2) is 0 Å². The van der Waals surface area contributed by atoms with Crippen molar-refractivity contribution < 1.29 is 0 Å². The minimum absolute atomic E-state index is 1.05. The van der Waals surface area contributed by atoms with Gasteiger partial charge in [-0.2, -0.15) is 0 Å². The Morgan fingerprint density at radius 3 is 3.00 bits per heavy atom. The van der Waals surface area contributed by atoms with Gasteiger partial charge >= 0.3 is 0 Å². The number of nitrogens with zero attached hydrogens (tertiary/aromatic N) is 1. The molecule has 0 radical (unpaired) electrons. The van der Waals surface area contributed by atoms with Crippen LogP contribution in [0, 0.1) is 0 Å². The highest BCUT2D eigenvalue weighted by molar-refractivity contribution is 5.53. The minimum atomic E-state index is 1.05. The summed E-state index contributed by atoms with van der Waals surface area (Å²) >= 11 is 0. The summed E-state index contributed by atoms with van der Waals surface area (Å²) in [6, 6.07) is 8.49. The maximum absolute atomic E-state index is 3.27. The smallest absolute Gasteiger partial charge is 0.0548 e. The van der Waals surface area contributed by atoms with Crippen LogP contribution in [0.5, 0.6) is 0 Å². The van der Waals surface area contributed by atoms with Crippen LogP contribution in [0.2, 0.25) is 0 Å². The number of para-hydroxylation sites is 1. The van der Waals surface area contributed by atoms with Crippen molar-refractivity contribution in [1.29, 1.82) is 0 Å². The van der Waals surface area contributed by atoms with Crippen LogP contribution >= 0.6 is 0 Å². The van der Waals surface area contributed by atoms with Crippen LogP contribution in [0.3, 0.4) is 0 Å². The maximum Gasteiger partial charge on any atom is 0.0548 e. The third-order valence-electron chi connectivity index (χ3n) is 2.10. The molecular formula is C9H12N2. The van der Waals surface area contributed by atoms with Gasteiger partial charge in [-0.05, 0) is 18.1 Å². The first-order valence-corrected chi connectivity index (χ1v) is 3.93. The lowest BCUT2D eigenvalue weighted by Gasteiger charge is -2.27. The van der Waals surface area contributed by atoms with Crippen LogP contribution in [-0.2, 0) is 6.42 Å². The van der Waals surface area contributed by atoms with E-state index in [0.717, 1.165) is 13.0 Å². The zero-order valence-corrected chi connectivity index (χ0v) is 6.67. The molecule has 0 saturated heterocycles. The molecule has 0 aliphatic carbocycles. The van der Waals surface area contributed by atoms with E-state index in [1.807, 2.05) is 0 Å². The molecule has 1 aliphatic rings. The van der Waals surface area contributed by atoms with Crippen molar-refractivity contribution in [2.45, 2.75) is 6.42 Å². The quantitative estimate of drug-likeness (QED) is 0.594. The van der Waals surface area contributed by atoms with Gasteiger partial charge < -0.3 is 5.01 Å². The highest BCUT2D eigenvalue weighted by Gasteiger charge is 2.10. The number of rotatable bonds is 0. The standard InChI is InChI=1S/C9H12N2/c1-11-9-5-3-2-4-8(9)6-7-10-11/h2-5,10H,6-7H2,1H3. The van der Waals surface area contributed by atoms with Gasteiger partial charge in [-0.15, -0.1) is 0 Å². The Morgan fingerprint density at radius 2 is 2.18 bits per heavy atom. The summed E-state index contributed by atoms with van der Waals surface area (Å²) in [5.74, 6) is 0. The fourth-order valence-electron chi connectivity index (χ4n) is 1.49. The van der Waals surface area contributed by atoms with E-state index < -0.39 is 0 Å². The van der Waals surface area contributed by atoms with Gasteiger partial charge in [-0.3, -0.25) is 0 Å². The number of hydrogen-bond donors (Lipinski definition) is 1. The number of hydrazine groups is 1. The van der Waals surface area contributed by atoms with Crippen molar-refractivity contribution in [2.24, 2.45) is 0 Å². The summed E-state index contributed by atoms with van der Waals surface area (Å²) in [5, 5.41) is 2.08. The third-order valence-corrected chi connectivity index (χ3v) is 2.10. The van der Waals surface area contributed by atoms with Crippen LogP contribution in [-0.4, -0.2) is 13.6 Å². The lowest BCUT2D eigenvalue weighted by molar-refractivity contribution is 0.641. The first-order chi connectivity index (χ1) is 5.38. The molecular weight excluding hydrogens is 136 g/mol. The Balaban J connectivity index is 2.44. The zero-order chi connectivity index (χ0) is 7.68. The lowest BCUT2D eigenvalue weighted by Crippen LogP contribution is -2.39. The lowest BCUT2D eigenvalue weighted by atomic mass is 10.1. The van der Waals surface area contributed by atoms with Gasteiger partial charge in [0, 0.05) is 13.6 Å². The van der Waals surface area contributed by atoms with E-state index in [2.05, 4.69) is 41.7 Å². The predicted molar refractivity (Wildman–Crippen MR) is 46.6 cm³/mol. The summed E-state index contributed by atoms with van der Waals surface area (Å²) in [6.45, 7) is 1.05. The van der Waals surface area contributed by atoms with E-state index >= 15 is 0 Å². The molecule has 1 heterocycles. The van der Waals surface area contributed by atoms with Crippen LogP contribution < -0.4 is 10.4 Å².